The van der Waals surface area contributed by atoms with Crippen molar-refractivity contribution in [3.05, 3.63) is 41.5 Å². The Morgan fingerprint density at radius 1 is 0.966 bits per heavy atom. The van der Waals surface area contributed by atoms with Gasteiger partial charge in [0, 0.05) is 25.8 Å². The van der Waals surface area contributed by atoms with Crippen molar-refractivity contribution in [2.45, 2.75) is 13.3 Å². The van der Waals surface area contributed by atoms with Crippen molar-refractivity contribution >= 4 is 11.8 Å². The van der Waals surface area contributed by atoms with E-state index in [4.69, 9.17) is 23.7 Å². The fourth-order valence-corrected chi connectivity index (χ4v) is 2.97. The van der Waals surface area contributed by atoms with Gasteiger partial charge in [0.05, 0.1) is 19.1 Å². The molecule has 1 N–H and O–H groups in total. The third kappa shape index (κ3) is 5.46. The average Bonchev–Trinajstić information content (AvgIpc) is 2.69. The van der Waals surface area contributed by atoms with Gasteiger partial charge in [-0.1, -0.05) is 12.1 Å². The number of rotatable bonds is 11. The summed E-state index contributed by atoms with van der Waals surface area (Å²) in [5, 5.41) is 9.51. The molecule has 0 radical (unpaired) electrons. The predicted octanol–water partition coefficient (Wildman–Crippen LogP) is 3.16. The molecule has 0 saturated heterocycles. The SMILES string of the molecule is COCOc1cc(OCOC)c(-c2cccc(OC)c2)c(CC(=O)O)c1C(C)=O. The van der Waals surface area contributed by atoms with Crippen molar-refractivity contribution in [2.24, 2.45) is 0 Å². The van der Waals surface area contributed by atoms with Gasteiger partial charge < -0.3 is 28.8 Å². The monoisotopic (exact) mass is 404 g/mol. The van der Waals surface area contributed by atoms with Crippen molar-refractivity contribution in [3.8, 4) is 28.4 Å². The number of Topliss-reactive ketones (excluding diaryl/α,β-unsaturated/α-hetero) is 1. The summed E-state index contributed by atoms with van der Waals surface area (Å²) in [6.07, 6.45) is -0.408. The zero-order valence-corrected chi connectivity index (χ0v) is 16.8. The summed E-state index contributed by atoms with van der Waals surface area (Å²) in [5.41, 5.74) is 1.52. The number of carboxylic acid groups (broad SMARTS) is 1. The van der Waals surface area contributed by atoms with Crippen LogP contribution in [0, 0.1) is 0 Å². The highest BCUT2D eigenvalue weighted by Gasteiger charge is 2.26. The molecule has 0 bridgehead atoms. The Hall–Kier alpha value is -3.10. The molecule has 0 aromatic heterocycles. The zero-order valence-electron chi connectivity index (χ0n) is 16.8. The van der Waals surface area contributed by atoms with Crippen LogP contribution in [0.15, 0.2) is 30.3 Å². The lowest BCUT2D eigenvalue weighted by atomic mass is 9.90. The fourth-order valence-electron chi connectivity index (χ4n) is 2.97. The van der Waals surface area contributed by atoms with E-state index in [0.717, 1.165) is 0 Å². The number of carbonyl (C=O) groups is 2. The minimum Gasteiger partial charge on any atom is -0.497 e. The normalized spacial score (nSPS) is 10.5. The summed E-state index contributed by atoms with van der Waals surface area (Å²) >= 11 is 0. The Morgan fingerprint density at radius 2 is 1.62 bits per heavy atom. The third-order valence-corrected chi connectivity index (χ3v) is 4.06. The highest BCUT2D eigenvalue weighted by atomic mass is 16.7. The van der Waals surface area contributed by atoms with Gasteiger partial charge in [0.25, 0.3) is 0 Å². The lowest BCUT2D eigenvalue weighted by Crippen LogP contribution is -2.14. The van der Waals surface area contributed by atoms with Crippen LogP contribution in [0.5, 0.6) is 17.2 Å². The maximum Gasteiger partial charge on any atom is 0.307 e. The van der Waals surface area contributed by atoms with Gasteiger partial charge in [-0.3, -0.25) is 9.59 Å². The van der Waals surface area contributed by atoms with Gasteiger partial charge in [-0.15, -0.1) is 0 Å². The van der Waals surface area contributed by atoms with E-state index >= 15 is 0 Å². The van der Waals surface area contributed by atoms with Crippen LogP contribution < -0.4 is 14.2 Å². The first-order valence-corrected chi connectivity index (χ1v) is 8.73. The molecule has 0 aliphatic heterocycles. The van der Waals surface area contributed by atoms with Crippen molar-refractivity contribution in [1.82, 2.24) is 0 Å². The van der Waals surface area contributed by atoms with Crippen LogP contribution in [-0.4, -0.2) is 51.8 Å². The largest absolute Gasteiger partial charge is 0.497 e. The minimum atomic E-state index is -1.10. The number of ether oxygens (including phenoxy) is 5. The van der Waals surface area contributed by atoms with E-state index in [0.29, 0.717) is 22.6 Å². The molecule has 0 aliphatic carbocycles. The van der Waals surface area contributed by atoms with Crippen molar-refractivity contribution in [3.63, 3.8) is 0 Å². The molecule has 0 fully saturated rings. The van der Waals surface area contributed by atoms with Gasteiger partial charge in [0.1, 0.15) is 17.2 Å². The summed E-state index contributed by atoms with van der Waals surface area (Å²) in [4.78, 5) is 24.1. The van der Waals surface area contributed by atoms with E-state index in [1.807, 2.05) is 0 Å². The Labute approximate surface area is 168 Å². The zero-order chi connectivity index (χ0) is 21.4. The van der Waals surface area contributed by atoms with Crippen LogP contribution in [-0.2, 0) is 20.7 Å². The van der Waals surface area contributed by atoms with Gasteiger partial charge >= 0.3 is 5.97 Å². The van der Waals surface area contributed by atoms with Crippen LogP contribution >= 0.6 is 0 Å². The Morgan fingerprint density at radius 3 is 2.17 bits per heavy atom. The summed E-state index contributed by atoms with van der Waals surface area (Å²) in [6, 6.07) is 8.58. The Balaban J connectivity index is 2.85. The molecular formula is C21H24O8. The molecular weight excluding hydrogens is 380 g/mol. The Bertz CT molecular complexity index is 875. The van der Waals surface area contributed by atoms with E-state index in [-0.39, 0.29) is 36.2 Å². The molecule has 0 atom stereocenters. The molecule has 2 aromatic carbocycles. The topological polar surface area (TPSA) is 101 Å². The van der Waals surface area contributed by atoms with Crippen LogP contribution in [0.2, 0.25) is 0 Å². The minimum absolute atomic E-state index is 0.0768. The molecule has 156 valence electrons. The Kier molecular flexibility index (Phi) is 7.99. The van der Waals surface area contributed by atoms with Crippen LogP contribution in [0.3, 0.4) is 0 Å². The molecule has 0 spiro atoms. The molecule has 0 aliphatic rings. The average molecular weight is 404 g/mol. The van der Waals surface area contributed by atoms with Crippen LogP contribution in [0.25, 0.3) is 11.1 Å². The smallest absolute Gasteiger partial charge is 0.307 e. The van der Waals surface area contributed by atoms with Gasteiger partial charge in [0.2, 0.25) is 0 Å². The molecule has 0 amide bonds. The van der Waals surface area contributed by atoms with Gasteiger partial charge in [-0.05, 0) is 30.2 Å². The summed E-state index contributed by atoms with van der Waals surface area (Å²) in [6.45, 7) is 1.16. The number of aliphatic carboxylic acids is 1. The van der Waals surface area contributed by atoms with Crippen molar-refractivity contribution in [2.75, 3.05) is 34.9 Å². The number of carboxylic acids is 1. The lowest BCUT2D eigenvalue weighted by Gasteiger charge is -2.21. The predicted molar refractivity (Wildman–Crippen MR) is 105 cm³/mol. The summed E-state index contributed by atoms with van der Waals surface area (Å²) < 4.78 is 26.5. The molecule has 8 nitrogen and oxygen atoms in total. The van der Waals surface area contributed by atoms with E-state index in [1.54, 1.807) is 24.3 Å². The number of carbonyl (C=O) groups excluding carboxylic acids is 1. The van der Waals surface area contributed by atoms with E-state index in [9.17, 15) is 14.7 Å². The number of hydrogen-bond acceptors (Lipinski definition) is 7. The number of methoxy groups -OCH3 is 3. The maximum atomic E-state index is 12.5. The van der Waals surface area contributed by atoms with E-state index in [2.05, 4.69) is 0 Å². The molecule has 2 rings (SSSR count). The second-order valence-electron chi connectivity index (χ2n) is 6.06. The molecule has 0 unspecified atom stereocenters. The van der Waals surface area contributed by atoms with E-state index < -0.39 is 12.4 Å². The second-order valence-corrected chi connectivity index (χ2v) is 6.06. The van der Waals surface area contributed by atoms with E-state index in [1.165, 1.54) is 34.3 Å². The molecule has 29 heavy (non-hydrogen) atoms. The quantitative estimate of drug-likeness (QED) is 0.450. The maximum absolute atomic E-state index is 12.5. The standard InChI is InChI=1S/C21H24O8/c1-13(22)20-16(9-19(23)24)21(14-6-5-7-15(8-14)27-4)18(29-12-26-3)10-17(20)28-11-25-2/h5-8,10H,9,11-12H2,1-4H3,(H,23,24). The van der Waals surface area contributed by atoms with Crippen LogP contribution in [0.1, 0.15) is 22.8 Å². The second kappa shape index (κ2) is 10.4. The molecule has 8 heteroatoms. The van der Waals surface area contributed by atoms with Crippen molar-refractivity contribution in [1.29, 1.82) is 0 Å². The fraction of sp³-hybridized carbons (Fsp3) is 0.333. The summed E-state index contributed by atoms with van der Waals surface area (Å²) in [5.74, 6) is -0.376. The number of hydrogen-bond donors (Lipinski definition) is 1. The third-order valence-electron chi connectivity index (χ3n) is 4.06. The molecule has 0 heterocycles. The number of ketones is 1. The van der Waals surface area contributed by atoms with Crippen molar-refractivity contribution < 1.29 is 38.4 Å². The van der Waals surface area contributed by atoms with Crippen LogP contribution in [0.4, 0.5) is 0 Å². The molecule has 0 saturated carbocycles. The molecule has 2 aromatic rings. The van der Waals surface area contributed by atoms with Gasteiger partial charge in [-0.25, -0.2) is 0 Å². The highest BCUT2D eigenvalue weighted by Crippen LogP contribution is 2.42. The first kappa shape index (κ1) is 22.2. The lowest BCUT2D eigenvalue weighted by molar-refractivity contribution is -0.136. The number of benzene rings is 2. The highest BCUT2D eigenvalue weighted by molar-refractivity contribution is 6.02. The van der Waals surface area contributed by atoms with Gasteiger partial charge in [0.15, 0.2) is 19.4 Å². The summed E-state index contributed by atoms with van der Waals surface area (Å²) in [7, 11) is 4.44. The first-order valence-electron chi connectivity index (χ1n) is 8.73. The first-order chi connectivity index (χ1) is 13.9. The van der Waals surface area contributed by atoms with Gasteiger partial charge in [-0.2, -0.15) is 0 Å².